The van der Waals surface area contributed by atoms with Gasteiger partial charge in [-0.15, -0.1) is 0 Å². The molecule has 3 aromatic rings. The lowest BCUT2D eigenvalue weighted by atomic mass is 10.1. The third-order valence-corrected chi connectivity index (χ3v) is 6.66. The molecule has 7 heteroatoms. The number of hydrogen-bond donors (Lipinski definition) is 0. The summed E-state index contributed by atoms with van der Waals surface area (Å²) < 4.78 is 12.4. The molecule has 0 N–H and O–H groups in total. The van der Waals surface area contributed by atoms with E-state index in [9.17, 15) is 4.79 Å². The lowest BCUT2D eigenvalue weighted by molar-refractivity contribution is 0.245. The van der Waals surface area contributed by atoms with Crippen molar-refractivity contribution in [2.45, 2.75) is 19.4 Å². The summed E-state index contributed by atoms with van der Waals surface area (Å²) in [5, 5.41) is 0. The minimum atomic E-state index is -0.103. The molecular weight excluding hydrogens is 404 g/mol. The zero-order valence-electron chi connectivity index (χ0n) is 18.8. The standard InChI is InChI=1S/C25H28N4O3/c1-16-7-8-27-9-10-28(15-21(16)27)19-11-17(2)25-26-20(13-24(30)29(25)14-19)18-5-6-22(31-3)23(12-18)32-4/h5-6,11-14,21H,1,7-10,15H2,2-4H3/t21-/m1/s1. The topological polar surface area (TPSA) is 59.3 Å². The average Bonchev–Trinajstić information content (AvgIpc) is 3.19. The first kappa shape index (κ1) is 20.6. The number of pyridine rings is 1. The fourth-order valence-electron chi connectivity index (χ4n) is 4.83. The summed E-state index contributed by atoms with van der Waals surface area (Å²) in [5.41, 5.74) is 5.31. The van der Waals surface area contributed by atoms with Crippen LogP contribution in [0.3, 0.4) is 0 Å². The van der Waals surface area contributed by atoms with E-state index in [0.29, 0.717) is 28.9 Å². The first-order chi connectivity index (χ1) is 15.5. The Kier molecular flexibility index (Phi) is 5.13. The van der Waals surface area contributed by atoms with E-state index in [1.807, 2.05) is 31.3 Å². The van der Waals surface area contributed by atoms with Crippen molar-refractivity contribution < 1.29 is 9.47 Å². The molecule has 0 amide bonds. The molecule has 0 saturated carbocycles. The first-order valence-corrected chi connectivity index (χ1v) is 10.9. The summed E-state index contributed by atoms with van der Waals surface area (Å²) in [6.07, 6.45) is 3.00. The van der Waals surface area contributed by atoms with Crippen molar-refractivity contribution in [1.82, 2.24) is 14.3 Å². The minimum absolute atomic E-state index is 0.103. The third-order valence-electron chi connectivity index (χ3n) is 6.66. The van der Waals surface area contributed by atoms with Gasteiger partial charge in [-0.2, -0.15) is 0 Å². The number of hydrogen-bond acceptors (Lipinski definition) is 6. The number of nitrogens with zero attached hydrogens (tertiary/aromatic N) is 4. The normalized spacial score (nSPS) is 18.8. The summed E-state index contributed by atoms with van der Waals surface area (Å²) >= 11 is 0. The highest BCUT2D eigenvalue weighted by Gasteiger charge is 2.33. The molecule has 32 heavy (non-hydrogen) atoms. The second-order valence-electron chi connectivity index (χ2n) is 8.53. The number of methoxy groups -OCH3 is 2. The second kappa shape index (κ2) is 7.98. The van der Waals surface area contributed by atoms with Crippen LogP contribution in [-0.4, -0.2) is 60.7 Å². The maximum absolute atomic E-state index is 13.1. The highest BCUT2D eigenvalue weighted by atomic mass is 16.5. The number of piperazine rings is 1. The van der Waals surface area contributed by atoms with Crippen LogP contribution in [0.15, 0.2) is 53.5 Å². The van der Waals surface area contributed by atoms with Crippen LogP contribution in [0.2, 0.25) is 0 Å². The molecule has 5 rings (SSSR count). The van der Waals surface area contributed by atoms with Gasteiger partial charge < -0.3 is 14.4 Å². The third kappa shape index (κ3) is 3.42. The lowest BCUT2D eigenvalue weighted by Gasteiger charge is -2.39. The van der Waals surface area contributed by atoms with Gasteiger partial charge in [0.05, 0.1) is 25.6 Å². The Morgan fingerprint density at radius 1 is 1.06 bits per heavy atom. The van der Waals surface area contributed by atoms with E-state index in [2.05, 4.69) is 22.4 Å². The Labute approximate surface area is 187 Å². The van der Waals surface area contributed by atoms with Crippen LogP contribution in [0.4, 0.5) is 5.69 Å². The van der Waals surface area contributed by atoms with Crippen LogP contribution in [0, 0.1) is 6.92 Å². The molecule has 0 spiro atoms. The predicted octanol–water partition coefficient (Wildman–Crippen LogP) is 3.14. The Hall–Kier alpha value is -3.32. The molecule has 166 valence electrons. The van der Waals surface area contributed by atoms with Gasteiger partial charge in [-0.1, -0.05) is 12.2 Å². The number of ether oxygens (including phenoxy) is 2. The zero-order chi connectivity index (χ0) is 22.4. The molecule has 2 aromatic heterocycles. The fraction of sp³-hybridized carbons (Fsp3) is 0.360. The smallest absolute Gasteiger partial charge is 0.258 e. The van der Waals surface area contributed by atoms with Gasteiger partial charge in [0.25, 0.3) is 5.56 Å². The largest absolute Gasteiger partial charge is 0.493 e. The van der Waals surface area contributed by atoms with E-state index in [-0.39, 0.29) is 5.56 Å². The molecule has 0 unspecified atom stereocenters. The van der Waals surface area contributed by atoms with E-state index in [0.717, 1.165) is 49.4 Å². The quantitative estimate of drug-likeness (QED) is 0.591. The van der Waals surface area contributed by atoms with E-state index in [4.69, 9.17) is 14.5 Å². The Morgan fingerprint density at radius 3 is 2.66 bits per heavy atom. The molecule has 4 heterocycles. The monoisotopic (exact) mass is 432 g/mol. The summed E-state index contributed by atoms with van der Waals surface area (Å²) in [5.74, 6) is 1.24. The van der Waals surface area contributed by atoms with Crippen molar-refractivity contribution >= 4 is 11.3 Å². The molecule has 2 aliphatic heterocycles. The van der Waals surface area contributed by atoms with Crippen LogP contribution in [0.25, 0.3) is 16.9 Å². The SMILES string of the molecule is C=C1CCN2CCN(c3cc(C)c4nc(-c5ccc(OC)c(OC)c5)cc(=O)n4c3)C[C@H]12. The number of rotatable bonds is 4. The molecule has 0 bridgehead atoms. The van der Waals surface area contributed by atoms with Gasteiger partial charge in [-0.05, 0) is 43.2 Å². The summed E-state index contributed by atoms with van der Waals surface area (Å²) in [7, 11) is 3.19. The molecule has 2 fully saturated rings. The molecule has 0 radical (unpaired) electrons. The van der Waals surface area contributed by atoms with Gasteiger partial charge in [0.1, 0.15) is 5.65 Å². The number of aryl methyl sites for hydroxylation is 1. The molecule has 7 nitrogen and oxygen atoms in total. The molecule has 2 aliphatic rings. The number of benzene rings is 1. The first-order valence-electron chi connectivity index (χ1n) is 10.9. The second-order valence-corrected chi connectivity index (χ2v) is 8.53. The van der Waals surface area contributed by atoms with Crippen LogP contribution in [0.1, 0.15) is 12.0 Å². The van der Waals surface area contributed by atoms with Crippen LogP contribution in [-0.2, 0) is 0 Å². The molecular formula is C25H28N4O3. The maximum Gasteiger partial charge on any atom is 0.258 e. The van der Waals surface area contributed by atoms with E-state index >= 15 is 0 Å². The van der Waals surface area contributed by atoms with Gasteiger partial charge >= 0.3 is 0 Å². The number of fused-ring (bicyclic) bond motifs is 2. The van der Waals surface area contributed by atoms with E-state index in [1.54, 1.807) is 24.7 Å². The van der Waals surface area contributed by atoms with Gasteiger partial charge in [-0.25, -0.2) is 4.98 Å². The van der Waals surface area contributed by atoms with Crippen molar-refractivity contribution in [2.75, 3.05) is 45.3 Å². The summed E-state index contributed by atoms with van der Waals surface area (Å²) in [4.78, 5) is 22.8. The highest BCUT2D eigenvalue weighted by Crippen LogP contribution is 2.32. The fourth-order valence-corrected chi connectivity index (χ4v) is 4.83. The van der Waals surface area contributed by atoms with Gasteiger partial charge in [0.2, 0.25) is 0 Å². The van der Waals surface area contributed by atoms with E-state index < -0.39 is 0 Å². The lowest BCUT2D eigenvalue weighted by Crippen LogP contribution is -2.50. The number of anilines is 1. The van der Waals surface area contributed by atoms with Gasteiger partial charge in [-0.3, -0.25) is 14.1 Å². The summed E-state index contributed by atoms with van der Waals surface area (Å²) in [6, 6.07) is 9.67. The van der Waals surface area contributed by atoms with Crippen LogP contribution >= 0.6 is 0 Å². The van der Waals surface area contributed by atoms with Crippen LogP contribution in [0.5, 0.6) is 11.5 Å². The zero-order valence-corrected chi connectivity index (χ0v) is 18.8. The minimum Gasteiger partial charge on any atom is -0.493 e. The summed E-state index contributed by atoms with van der Waals surface area (Å²) in [6.45, 7) is 10.3. The Balaban J connectivity index is 1.53. The molecule has 1 atom stereocenters. The maximum atomic E-state index is 13.1. The predicted molar refractivity (Wildman–Crippen MR) is 126 cm³/mol. The van der Waals surface area contributed by atoms with E-state index in [1.165, 1.54) is 5.57 Å². The van der Waals surface area contributed by atoms with Crippen LogP contribution < -0.4 is 19.9 Å². The van der Waals surface area contributed by atoms with Crippen molar-refractivity contribution in [2.24, 2.45) is 0 Å². The molecule has 2 saturated heterocycles. The Morgan fingerprint density at radius 2 is 1.88 bits per heavy atom. The number of aromatic nitrogens is 2. The Bertz CT molecular complexity index is 1270. The van der Waals surface area contributed by atoms with Gasteiger partial charge in [0, 0.05) is 50.0 Å². The van der Waals surface area contributed by atoms with Crippen molar-refractivity contribution in [3.05, 3.63) is 64.6 Å². The van der Waals surface area contributed by atoms with Gasteiger partial charge in [0.15, 0.2) is 11.5 Å². The average molecular weight is 433 g/mol. The molecule has 0 aliphatic carbocycles. The van der Waals surface area contributed by atoms with Crippen molar-refractivity contribution in [1.29, 1.82) is 0 Å². The van der Waals surface area contributed by atoms with Crippen molar-refractivity contribution in [3.8, 4) is 22.8 Å². The highest BCUT2D eigenvalue weighted by molar-refractivity contribution is 5.67. The molecule has 1 aromatic carbocycles. The van der Waals surface area contributed by atoms with Crippen molar-refractivity contribution in [3.63, 3.8) is 0 Å².